The van der Waals surface area contributed by atoms with Crippen molar-refractivity contribution in [3.63, 3.8) is 0 Å². The molecule has 29 heavy (non-hydrogen) atoms. The second-order valence-electron chi connectivity index (χ2n) is 7.26. The van der Waals surface area contributed by atoms with Gasteiger partial charge in [-0.1, -0.05) is 60.7 Å². The van der Waals surface area contributed by atoms with Crippen molar-refractivity contribution in [3.05, 3.63) is 78.0 Å². The maximum absolute atomic E-state index is 12.4. The van der Waals surface area contributed by atoms with E-state index in [0.29, 0.717) is 32.7 Å². The van der Waals surface area contributed by atoms with Crippen LogP contribution in [-0.2, 0) is 22.6 Å². The van der Waals surface area contributed by atoms with Crippen LogP contribution in [0.4, 0.5) is 0 Å². The van der Waals surface area contributed by atoms with E-state index in [1.807, 2.05) is 59.4 Å². The van der Waals surface area contributed by atoms with E-state index in [4.69, 9.17) is 9.84 Å². The van der Waals surface area contributed by atoms with Gasteiger partial charge in [0, 0.05) is 42.9 Å². The highest BCUT2D eigenvalue weighted by Gasteiger charge is 2.18. The molecular formula is C23H26N4O2. The van der Waals surface area contributed by atoms with Crippen molar-refractivity contribution in [1.82, 2.24) is 20.4 Å². The normalized spacial score (nSPS) is 16.5. The topological polar surface area (TPSA) is 68.2 Å². The zero-order valence-electron chi connectivity index (χ0n) is 16.4. The second kappa shape index (κ2) is 9.49. The molecular weight excluding hydrogens is 364 g/mol. The van der Waals surface area contributed by atoms with Gasteiger partial charge in [-0.25, -0.2) is 0 Å². The van der Waals surface area contributed by atoms with E-state index in [9.17, 15) is 4.79 Å². The van der Waals surface area contributed by atoms with Gasteiger partial charge in [-0.15, -0.1) is 0 Å². The largest absolute Gasteiger partial charge is 0.378 e. The summed E-state index contributed by atoms with van der Waals surface area (Å²) < 4.78 is 7.37. The van der Waals surface area contributed by atoms with Crippen molar-refractivity contribution in [1.29, 1.82) is 0 Å². The number of hydrogen-bond acceptors (Lipinski definition) is 4. The number of morpholine rings is 1. The lowest BCUT2D eigenvalue weighted by molar-refractivity contribution is -0.122. The molecule has 0 bridgehead atoms. The third-order valence-corrected chi connectivity index (χ3v) is 4.98. The second-order valence-corrected chi connectivity index (χ2v) is 7.26. The van der Waals surface area contributed by atoms with Gasteiger partial charge in [0.1, 0.15) is 0 Å². The average Bonchev–Trinajstić information content (AvgIpc) is 3.17. The third kappa shape index (κ3) is 5.31. The van der Waals surface area contributed by atoms with Crippen molar-refractivity contribution in [2.24, 2.45) is 0 Å². The Labute approximate surface area is 170 Å². The minimum absolute atomic E-state index is 0.0165. The van der Waals surface area contributed by atoms with Crippen molar-refractivity contribution in [3.8, 4) is 11.3 Å². The zero-order chi connectivity index (χ0) is 19.9. The number of benzene rings is 2. The van der Waals surface area contributed by atoms with Crippen molar-refractivity contribution in [2.75, 3.05) is 19.8 Å². The first-order chi connectivity index (χ1) is 14.3. The monoisotopic (exact) mass is 390 g/mol. The van der Waals surface area contributed by atoms with Crippen molar-refractivity contribution in [2.45, 2.75) is 25.6 Å². The molecule has 1 aromatic heterocycles. The average molecular weight is 390 g/mol. The number of rotatable bonds is 7. The van der Waals surface area contributed by atoms with Gasteiger partial charge in [0.05, 0.1) is 25.5 Å². The molecule has 1 aliphatic rings. The fourth-order valence-electron chi connectivity index (χ4n) is 3.52. The first-order valence-corrected chi connectivity index (χ1v) is 10.0. The standard InChI is InChI=1S/C23H26N4O2/c28-22(13-21-17-29-12-11-24-21)25-14-20-16-27(15-18-7-3-1-4-8-18)26-23(20)19-9-5-2-6-10-19/h1-10,16,21,24H,11-15,17H2,(H,25,28). The zero-order valence-corrected chi connectivity index (χ0v) is 16.4. The van der Waals surface area contributed by atoms with E-state index in [-0.39, 0.29) is 11.9 Å². The van der Waals surface area contributed by atoms with Crippen LogP contribution in [0.25, 0.3) is 11.3 Å². The lowest BCUT2D eigenvalue weighted by Gasteiger charge is -2.23. The molecule has 1 amide bonds. The quantitative estimate of drug-likeness (QED) is 0.651. The Balaban J connectivity index is 1.47. The molecule has 2 heterocycles. The van der Waals surface area contributed by atoms with Gasteiger partial charge < -0.3 is 15.4 Å². The molecule has 4 rings (SSSR count). The van der Waals surface area contributed by atoms with E-state index in [2.05, 4.69) is 22.8 Å². The lowest BCUT2D eigenvalue weighted by Crippen LogP contribution is -2.44. The Morgan fingerprint density at radius 2 is 1.90 bits per heavy atom. The number of aromatic nitrogens is 2. The maximum Gasteiger partial charge on any atom is 0.221 e. The SMILES string of the molecule is O=C(CC1COCCN1)NCc1cn(Cc2ccccc2)nc1-c1ccccc1. The summed E-state index contributed by atoms with van der Waals surface area (Å²) in [5, 5.41) is 11.2. The number of carbonyl (C=O) groups excluding carboxylic acids is 1. The first-order valence-electron chi connectivity index (χ1n) is 10.0. The van der Waals surface area contributed by atoms with Gasteiger partial charge in [-0.2, -0.15) is 5.10 Å². The molecule has 1 unspecified atom stereocenters. The van der Waals surface area contributed by atoms with Crippen LogP contribution < -0.4 is 10.6 Å². The summed E-state index contributed by atoms with van der Waals surface area (Å²) in [6.07, 6.45) is 2.44. The Kier molecular flexibility index (Phi) is 6.34. The first kappa shape index (κ1) is 19.4. The Hall–Kier alpha value is -2.96. The molecule has 2 N–H and O–H groups in total. The molecule has 1 fully saturated rings. The molecule has 6 heteroatoms. The molecule has 6 nitrogen and oxygen atoms in total. The van der Waals surface area contributed by atoms with Crippen LogP contribution in [0.3, 0.4) is 0 Å². The van der Waals surface area contributed by atoms with Gasteiger partial charge in [-0.3, -0.25) is 9.48 Å². The van der Waals surface area contributed by atoms with Gasteiger partial charge in [0.15, 0.2) is 0 Å². The number of carbonyl (C=O) groups is 1. The van der Waals surface area contributed by atoms with E-state index in [1.165, 1.54) is 5.56 Å². The molecule has 0 saturated carbocycles. The van der Waals surface area contributed by atoms with Crippen LogP contribution in [0.5, 0.6) is 0 Å². The van der Waals surface area contributed by atoms with Gasteiger partial charge in [-0.05, 0) is 5.56 Å². The third-order valence-electron chi connectivity index (χ3n) is 4.98. The van der Waals surface area contributed by atoms with Crippen LogP contribution in [0.1, 0.15) is 17.5 Å². The molecule has 3 aromatic rings. The number of nitrogens with zero attached hydrogens (tertiary/aromatic N) is 2. The van der Waals surface area contributed by atoms with Crippen molar-refractivity contribution < 1.29 is 9.53 Å². The molecule has 0 radical (unpaired) electrons. The van der Waals surface area contributed by atoms with E-state index >= 15 is 0 Å². The number of ether oxygens (including phenoxy) is 1. The lowest BCUT2D eigenvalue weighted by atomic mass is 10.1. The van der Waals surface area contributed by atoms with Crippen LogP contribution in [0.2, 0.25) is 0 Å². The van der Waals surface area contributed by atoms with Crippen LogP contribution in [-0.4, -0.2) is 41.5 Å². The minimum Gasteiger partial charge on any atom is -0.378 e. The molecule has 0 spiro atoms. The molecule has 1 atom stereocenters. The van der Waals surface area contributed by atoms with Gasteiger partial charge >= 0.3 is 0 Å². The predicted molar refractivity (Wildman–Crippen MR) is 112 cm³/mol. The summed E-state index contributed by atoms with van der Waals surface area (Å²) in [6.45, 7) is 3.22. The fourth-order valence-corrected chi connectivity index (χ4v) is 3.52. The van der Waals surface area contributed by atoms with E-state index in [1.54, 1.807) is 0 Å². The molecule has 2 aromatic carbocycles. The summed E-state index contributed by atoms with van der Waals surface area (Å²) >= 11 is 0. The van der Waals surface area contributed by atoms with Crippen LogP contribution in [0.15, 0.2) is 66.9 Å². The number of amides is 1. The molecule has 1 saturated heterocycles. The molecule has 1 aliphatic heterocycles. The van der Waals surface area contributed by atoms with Gasteiger partial charge in [0.2, 0.25) is 5.91 Å². The Morgan fingerprint density at radius 1 is 1.14 bits per heavy atom. The highest BCUT2D eigenvalue weighted by atomic mass is 16.5. The predicted octanol–water partition coefficient (Wildman–Crippen LogP) is 2.59. The summed E-state index contributed by atoms with van der Waals surface area (Å²) in [6, 6.07) is 20.4. The summed E-state index contributed by atoms with van der Waals surface area (Å²) in [4.78, 5) is 12.4. The van der Waals surface area contributed by atoms with Gasteiger partial charge in [0.25, 0.3) is 0 Å². The van der Waals surface area contributed by atoms with Crippen LogP contribution >= 0.6 is 0 Å². The number of hydrogen-bond donors (Lipinski definition) is 2. The smallest absolute Gasteiger partial charge is 0.221 e. The molecule has 150 valence electrons. The summed E-state index contributed by atoms with van der Waals surface area (Å²) in [5.74, 6) is 0.0165. The summed E-state index contributed by atoms with van der Waals surface area (Å²) in [7, 11) is 0. The highest BCUT2D eigenvalue weighted by molar-refractivity contribution is 5.77. The highest BCUT2D eigenvalue weighted by Crippen LogP contribution is 2.22. The van der Waals surface area contributed by atoms with E-state index in [0.717, 1.165) is 23.4 Å². The maximum atomic E-state index is 12.4. The Bertz CT molecular complexity index is 919. The number of nitrogens with one attached hydrogen (secondary N) is 2. The van der Waals surface area contributed by atoms with E-state index < -0.39 is 0 Å². The fraction of sp³-hybridized carbons (Fsp3) is 0.304. The van der Waals surface area contributed by atoms with Crippen LogP contribution in [0, 0.1) is 0 Å². The van der Waals surface area contributed by atoms with Crippen molar-refractivity contribution >= 4 is 5.91 Å². The molecule has 0 aliphatic carbocycles. The minimum atomic E-state index is 0.0165. The Morgan fingerprint density at radius 3 is 2.62 bits per heavy atom. The summed E-state index contributed by atoms with van der Waals surface area (Å²) in [5.41, 5.74) is 4.15.